The number of hydrogen-bond donors (Lipinski definition) is 3. The van der Waals surface area contributed by atoms with E-state index in [2.05, 4.69) is 33.7 Å². The van der Waals surface area contributed by atoms with Crippen LogP contribution in [0.1, 0.15) is 50.2 Å². The van der Waals surface area contributed by atoms with Crippen molar-refractivity contribution in [1.82, 2.24) is 20.4 Å². The summed E-state index contributed by atoms with van der Waals surface area (Å²) in [5.41, 5.74) is 3.05. The minimum absolute atomic E-state index is 0. The highest BCUT2D eigenvalue weighted by Crippen LogP contribution is 2.19. The second-order valence-corrected chi connectivity index (χ2v) is 7.40. The normalized spacial score (nSPS) is 12.4. The van der Waals surface area contributed by atoms with Crippen LogP contribution in [0.2, 0.25) is 0 Å². The lowest BCUT2D eigenvalue weighted by molar-refractivity contribution is 0.186. The number of aromatic nitrogens is 2. The van der Waals surface area contributed by atoms with Gasteiger partial charge in [0.1, 0.15) is 5.75 Å². The maximum absolute atomic E-state index is 10.4. The van der Waals surface area contributed by atoms with Crippen LogP contribution in [0.3, 0.4) is 0 Å². The third kappa shape index (κ3) is 8.91. The highest BCUT2D eigenvalue weighted by Gasteiger charge is 2.08. The number of guanidine groups is 1. The summed E-state index contributed by atoms with van der Waals surface area (Å²) in [6.45, 7) is 12.8. The average Bonchev–Trinajstić information content (AvgIpc) is 3.00. The molecule has 3 N–H and O–H groups in total. The van der Waals surface area contributed by atoms with Gasteiger partial charge in [0.25, 0.3) is 0 Å². The predicted molar refractivity (Wildman–Crippen MR) is 133 cm³/mol. The fraction of sp³-hybridized carbons (Fsp3) is 0.545. The van der Waals surface area contributed by atoms with E-state index in [1.165, 1.54) is 5.69 Å². The number of nitrogens with zero attached hydrogens (tertiary/aromatic N) is 3. The topological polar surface area (TPSA) is 83.7 Å². The van der Waals surface area contributed by atoms with E-state index in [4.69, 9.17) is 4.74 Å². The van der Waals surface area contributed by atoms with Crippen molar-refractivity contribution in [1.29, 1.82) is 0 Å². The Labute approximate surface area is 197 Å². The molecule has 0 aliphatic carbocycles. The van der Waals surface area contributed by atoms with Gasteiger partial charge >= 0.3 is 0 Å². The number of aliphatic imine (C=N–C) groups is 1. The van der Waals surface area contributed by atoms with Gasteiger partial charge in [-0.2, -0.15) is 5.10 Å². The highest BCUT2D eigenvalue weighted by molar-refractivity contribution is 14.0. The van der Waals surface area contributed by atoms with Gasteiger partial charge in [0.15, 0.2) is 5.96 Å². The lowest BCUT2D eigenvalue weighted by Crippen LogP contribution is -2.38. The van der Waals surface area contributed by atoms with Crippen molar-refractivity contribution in [2.45, 2.75) is 59.8 Å². The minimum Gasteiger partial charge on any atom is -0.491 e. The fourth-order valence-corrected chi connectivity index (χ4v) is 3.00. The maximum Gasteiger partial charge on any atom is 0.191 e. The van der Waals surface area contributed by atoms with Crippen LogP contribution < -0.4 is 15.4 Å². The average molecular weight is 529 g/mol. The second kappa shape index (κ2) is 13.5. The molecule has 0 radical (unpaired) electrons. The van der Waals surface area contributed by atoms with Crippen LogP contribution in [0.15, 0.2) is 35.3 Å². The highest BCUT2D eigenvalue weighted by atomic mass is 127. The van der Waals surface area contributed by atoms with Crippen molar-refractivity contribution in [3.05, 3.63) is 47.3 Å². The molecule has 2 aromatic rings. The first-order chi connectivity index (χ1) is 13.9. The molecule has 8 heteroatoms. The molecule has 168 valence electrons. The molecule has 1 atom stereocenters. The van der Waals surface area contributed by atoms with E-state index in [1.54, 1.807) is 0 Å². The summed E-state index contributed by atoms with van der Waals surface area (Å²) >= 11 is 0. The molecule has 0 spiro atoms. The summed E-state index contributed by atoms with van der Waals surface area (Å²) in [5.74, 6) is 1.51. The van der Waals surface area contributed by atoms with Crippen molar-refractivity contribution in [3.8, 4) is 5.75 Å². The molecule has 30 heavy (non-hydrogen) atoms. The zero-order valence-corrected chi connectivity index (χ0v) is 21.0. The van der Waals surface area contributed by atoms with E-state index in [1.807, 2.05) is 56.6 Å². The Hall–Kier alpha value is -1.81. The van der Waals surface area contributed by atoms with Crippen LogP contribution in [0.4, 0.5) is 0 Å². The Kier molecular flexibility index (Phi) is 11.8. The molecule has 0 fully saturated rings. The summed E-state index contributed by atoms with van der Waals surface area (Å²) in [7, 11) is 0. The largest absolute Gasteiger partial charge is 0.491 e. The number of aryl methyl sites for hydroxylation is 3. The molecule has 0 aliphatic rings. The number of aliphatic hydroxyl groups is 1. The number of ether oxygens (including phenoxy) is 1. The second-order valence-electron chi connectivity index (χ2n) is 7.40. The Morgan fingerprint density at radius 2 is 1.90 bits per heavy atom. The smallest absolute Gasteiger partial charge is 0.191 e. The molecule has 1 aromatic heterocycles. The van der Waals surface area contributed by atoms with Gasteiger partial charge in [-0.1, -0.05) is 12.1 Å². The Morgan fingerprint density at radius 1 is 1.20 bits per heavy atom. The van der Waals surface area contributed by atoms with E-state index in [0.717, 1.165) is 43.1 Å². The van der Waals surface area contributed by atoms with Gasteiger partial charge in [0, 0.05) is 25.3 Å². The van der Waals surface area contributed by atoms with E-state index < -0.39 is 6.10 Å². The van der Waals surface area contributed by atoms with Gasteiger partial charge in [0.2, 0.25) is 0 Å². The molecule has 7 nitrogen and oxygen atoms in total. The summed E-state index contributed by atoms with van der Waals surface area (Å²) in [6.07, 6.45) is 0.408. The van der Waals surface area contributed by atoms with E-state index in [-0.39, 0.29) is 36.6 Å². The van der Waals surface area contributed by atoms with Gasteiger partial charge in [-0.25, -0.2) is 0 Å². The zero-order chi connectivity index (χ0) is 21.2. The number of benzene rings is 1. The predicted octanol–water partition coefficient (Wildman–Crippen LogP) is 3.58. The third-order valence-electron chi connectivity index (χ3n) is 4.35. The summed E-state index contributed by atoms with van der Waals surface area (Å²) in [5, 5.41) is 21.5. The van der Waals surface area contributed by atoms with Gasteiger partial charge < -0.3 is 20.5 Å². The van der Waals surface area contributed by atoms with Gasteiger partial charge in [-0.15, -0.1) is 24.0 Å². The summed E-state index contributed by atoms with van der Waals surface area (Å²) in [6, 6.07) is 9.61. The van der Waals surface area contributed by atoms with Crippen LogP contribution in [-0.2, 0) is 6.54 Å². The molecular formula is C22H36IN5O2. The molecule has 1 aromatic carbocycles. The van der Waals surface area contributed by atoms with Crippen molar-refractivity contribution < 1.29 is 9.84 Å². The van der Waals surface area contributed by atoms with E-state index in [0.29, 0.717) is 5.96 Å². The number of nitrogens with one attached hydrogen (secondary N) is 2. The van der Waals surface area contributed by atoms with Gasteiger partial charge in [0.05, 0.1) is 24.4 Å². The van der Waals surface area contributed by atoms with Crippen LogP contribution in [-0.4, -0.2) is 46.6 Å². The van der Waals surface area contributed by atoms with Crippen molar-refractivity contribution >= 4 is 29.9 Å². The first-order valence-corrected chi connectivity index (χ1v) is 10.4. The Bertz CT molecular complexity index is 774. The maximum atomic E-state index is 10.4. The third-order valence-corrected chi connectivity index (χ3v) is 4.35. The quantitative estimate of drug-likeness (QED) is 0.190. The van der Waals surface area contributed by atoms with Crippen molar-refractivity contribution in [2.75, 3.05) is 19.6 Å². The molecular weight excluding hydrogens is 493 g/mol. The van der Waals surface area contributed by atoms with Gasteiger partial charge in [-0.05, 0) is 64.8 Å². The lowest BCUT2D eigenvalue weighted by atomic mass is 10.1. The fourth-order valence-electron chi connectivity index (χ4n) is 3.00. The molecule has 2 rings (SSSR count). The Morgan fingerprint density at radius 3 is 2.47 bits per heavy atom. The first-order valence-electron chi connectivity index (χ1n) is 10.4. The summed E-state index contributed by atoms with van der Waals surface area (Å²) < 4.78 is 7.66. The minimum atomic E-state index is -0.659. The molecule has 0 saturated carbocycles. The van der Waals surface area contributed by atoms with Crippen LogP contribution in [0.5, 0.6) is 5.75 Å². The van der Waals surface area contributed by atoms with Crippen molar-refractivity contribution in [3.63, 3.8) is 0 Å². The number of hydrogen-bond acceptors (Lipinski definition) is 4. The monoisotopic (exact) mass is 529 g/mol. The van der Waals surface area contributed by atoms with E-state index in [9.17, 15) is 5.11 Å². The molecule has 1 heterocycles. The number of halogens is 1. The molecule has 0 bridgehead atoms. The molecule has 1 unspecified atom stereocenters. The number of rotatable bonds is 10. The summed E-state index contributed by atoms with van der Waals surface area (Å²) in [4.78, 5) is 4.52. The van der Waals surface area contributed by atoms with Crippen LogP contribution in [0, 0.1) is 13.8 Å². The lowest BCUT2D eigenvalue weighted by Gasteiger charge is -2.14. The first kappa shape index (κ1) is 26.2. The Balaban J connectivity index is 0.00000450. The number of aliphatic hydroxyl groups excluding tert-OH is 1. The SMILES string of the molecule is CCNC(=NCC(O)c1ccc(OC(C)C)cc1)NCCCn1nc(C)cc1C.I. The van der Waals surface area contributed by atoms with Crippen LogP contribution >= 0.6 is 24.0 Å². The van der Waals surface area contributed by atoms with Crippen molar-refractivity contribution in [2.24, 2.45) is 4.99 Å². The standard InChI is InChI=1S/C22H35N5O2.HI/c1-6-23-22(24-12-7-13-27-18(5)14-17(4)26-27)25-15-21(28)19-8-10-20(11-9-19)29-16(2)3;/h8-11,14,16,21,28H,6-7,12-13,15H2,1-5H3,(H2,23,24,25);1H. The molecule has 0 amide bonds. The van der Waals surface area contributed by atoms with E-state index >= 15 is 0 Å². The zero-order valence-electron chi connectivity index (χ0n) is 18.7. The molecule has 0 aliphatic heterocycles. The van der Waals surface area contributed by atoms with Gasteiger partial charge in [-0.3, -0.25) is 9.67 Å². The van der Waals surface area contributed by atoms with Crippen LogP contribution in [0.25, 0.3) is 0 Å². The molecule has 0 saturated heterocycles.